The van der Waals surface area contributed by atoms with Crippen molar-refractivity contribution in [3.63, 3.8) is 0 Å². The summed E-state index contributed by atoms with van der Waals surface area (Å²) in [5.41, 5.74) is 5.30. The Kier molecular flexibility index (Phi) is 1.61. The highest BCUT2D eigenvalue weighted by molar-refractivity contribution is 9.10. The SMILES string of the molecule is CNc1noc(N)c1Br. The van der Waals surface area contributed by atoms with Crippen molar-refractivity contribution in [3.05, 3.63) is 4.47 Å². The van der Waals surface area contributed by atoms with Gasteiger partial charge in [-0.05, 0) is 15.9 Å². The van der Waals surface area contributed by atoms with Gasteiger partial charge >= 0.3 is 0 Å². The molecule has 5 heteroatoms. The fourth-order valence-corrected chi connectivity index (χ4v) is 0.790. The fourth-order valence-electron chi connectivity index (χ4n) is 0.447. The molecular weight excluding hydrogens is 186 g/mol. The predicted molar refractivity (Wildman–Crippen MR) is 38.2 cm³/mol. The monoisotopic (exact) mass is 191 g/mol. The van der Waals surface area contributed by atoms with Gasteiger partial charge in [0.25, 0.3) is 0 Å². The Morgan fingerprint density at radius 2 is 2.44 bits per heavy atom. The van der Waals surface area contributed by atoms with E-state index in [9.17, 15) is 0 Å². The number of nitrogens with one attached hydrogen (secondary N) is 1. The summed E-state index contributed by atoms with van der Waals surface area (Å²) in [6, 6.07) is 0. The molecule has 0 saturated carbocycles. The maximum Gasteiger partial charge on any atom is 0.238 e. The van der Waals surface area contributed by atoms with Crippen LogP contribution in [-0.4, -0.2) is 12.2 Å². The maximum atomic E-state index is 5.30. The van der Waals surface area contributed by atoms with E-state index in [0.717, 1.165) is 0 Å². The minimum absolute atomic E-state index is 0.291. The summed E-state index contributed by atoms with van der Waals surface area (Å²) >= 11 is 3.17. The lowest BCUT2D eigenvalue weighted by atomic mass is 10.6. The third-order valence-electron chi connectivity index (χ3n) is 0.896. The van der Waals surface area contributed by atoms with Crippen LogP contribution in [0.5, 0.6) is 0 Å². The highest BCUT2D eigenvalue weighted by Gasteiger charge is 2.06. The van der Waals surface area contributed by atoms with E-state index in [1.54, 1.807) is 7.05 Å². The standard InChI is InChI=1S/C4H6BrN3O/c1-7-4-2(5)3(6)9-8-4/h6H2,1H3,(H,7,8). The van der Waals surface area contributed by atoms with E-state index in [4.69, 9.17) is 5.73 Å². The van der Waals surface area contributed by atoms with Crippen molar-refractivity contribution in [1.82, 2.24) is 5.16 Å². The van der Waals surface area contributed by atoms with Gasteiger partial charge in [-0.2, -0.15) is 0 Å². The normalized spacial score (nSPS) is 9.56. The molecule has 0 spiro atoms. The van der Waals surface area contributed by atoms with Crippen molar-refractivity contribution in [2.75, 3.05) is 18.1 Å². The van der Waals surface area contributed by atoms with Gasteiger partial charge in [-0.25, -0.2) is 0 Å². The first-order valence-corrected chi connectivity index (χ1v) is 3.13. The van der Waals surface area contributed by atoms with Crippen LogP contribution in [0.3, 0.4) is 0 Å². The zero-order chi connectivity index (χ0) is 6.85. The van der Waals surface area contributed by atoms with Gasteiger partial charge in [-0.3, -0.25) is 0 Å². The predicted octanol–water partition coefficient (Wildman–Crippen LogP) is 1.06. The van der Waals surface area contributed by atoms with Gasteiger partial charge < -0.3 is 15.6 Å². The molecule has 0 unspecified atom stereocenters. The van der Waals surface area contributed by atoms with E-state index in [0.29, 0.717) is 16.2 Å². The van der Waals surface area contributed by atoms with Gasteiger partial charge in [0.1, 0.15) is 4.47 Å². The average Bonchev–Trinajstić information content (AvgIpc) is 2.15. The molecule has 3 N–H and O–H groups in total. The van der Waals surface area contributed by atoms with Crippen molar-refractivity contribution in [3.8, 4) is 0 Å². The van der Waals surface area contributed by atoms with Gasteiger partial charge in [-0.15, -0.1) is 0 Å². The third-order valence-corrected chi connectivity index (χ3v) is 1.66. The molecule has 0 aliphatic carbocycles. The van der Waals surface area contributed by atoms with Gasteiger partial charge in [0.2, 0.25) is 5.88 Å². The van der Waals surface area contributed by atoms with Crippen LogP contribution in [0.1, 0.15) is 0 Å². The summed E-state index contributed by atoms with van der Waals surface area (Å²) in [6.45, 7) is 0. The van der Waals surface area contributed by atoms with Crippen molar-refractivity contribution >= 4 is 27.6 Å². The molecule has 9 heavy (non-hydrogen) atoms. The van der Waals surface area contributed by atoms with Crippen LogP contribution >= 0.6 is 15.9 Å². The minimum Gasteiger partial charge on any atom is -0.369 e. The molecular formula is C4H6BrN3O. The van der Waals surface area contributed by atoms with Crippen LogP contribution in [0.4, 0.5) is 11.7 Å². The Bertz CT molecular complexity index is 210. The molecule has 0 radical (unpaired) electrons. The number of aromatic nitrogens is 1. The summed E-state index contributed by atoms with van der Waals surface area (Å²) in [4.78, 5) is 0. The second kappa shape index (κ2) is 2.26. The zero-order valence-corrected chi connectivity index (χ0v) is 6.40. The maximum absolute atomic E-state index is 5.30. The second-order valence-corrected chi connectivity index (χ2v) is 2.25. The molecule has 0 atom stereocenters. The van der Waals surface area contributed by atoms with E-state index < -0.39 is 0 Å². The number of nitrogen functional groups attached to an aromatic ring is 1. The van der Waals surface area contributed by atoms with Crippen LogP contribution in [0.15, 0.2) is 9.00 Å². The van der Waals surface area contributed by atoms with E-state index >= 15 is 0 Å². The summed E-state index contributed by atoms with van der Waals surface area (Å²) in [5, 5.41) is 6.36. The first-order chi connectivity index (χ1) is 4.25. The van der Waals surface area contributed by atoms with Gasteiger partial charge in [-0.1, -0.05) is 5.16 Å². The molecule has 1 rings (SSSR count). The summed E-state index contributed by atoms with van der Waals surface area (Å²) in [5.74, 6) is 0.909. The third kappa shape index (κ3) is 0.999. The molecule has 1 aromatic heterocycles. The van der Waals surface area contributed by atoms with Crippen LogP contribution in [0.25, 0.3) is 0 Å². The minimum atomic E-state index is 0.291. The highest BCUT2D eigenvalue weighted by Crippen LogP contribution is 2.26. The first-order valence-electron chi connectivity index (χ1n) is 2.34. The Labute approximate surface area is 60.5 Å². The number of nitrogens with zero attached hydrogens (tertiary/aromatic N) is 1. The van der Waals surface area contributed by atoms with Crippen molar-refractivity contribution in [2.24, 2.45) is 0 Å². The number of hydrogen-bond donors (Lipinski definition) is 2. The molecule has 1 heterocycles. The second-order valence-electron chi connectivity index (χ2n) is 1.46. The molecule has 4 nitrogen and oxygen atoms in total. The summed E-state index contributed by atoms with van der Waals surface area (Å²) in [7, 11) is 1.74. The van der Waals surface area contributed by atoms with Gasteiger partial charge in [0.15, 0.2) is 5.82 Å². The van der Waals surface area contributed by atoms with E-state index in [2.05, 4.69) is 30.9 Å². The quantitative estimate of drug-likeness (QED) is 0.698. The molecule has 0 aromatic carbocycles. The molecule has 1 aromatic rings. The van der Waals surface area contributed by atoms with Crippen LogP contribution in [0, 0.1) is 0 Å². The first kappa shape index (κ1) is 6.41. The molecule has 0 amide bonds. The molecule has 50 valence electrons. The lowest BCUT2D eigenvalue weighted by Crippen LogP contribution is -1.87. The number of hydrogen-bond acceptors (Lipinski definition) is 4. The average molecular weight is 192 g/mol. The topological polar surface area (TPSA) is 64.1 Å². The summed E-state index contributed by atoms with van der Waals surface area (Å²) < 4.78 is 5.28. The van der Waals surface area contributed by atoms with Crippen molar-refractivity contribution in [1.29, 1.82) is 0 Å². The largest absolute Gasteiger partial charge is 0.369 e. The Morgan fingerprint density at radius 1 is 1.78 bits per heavy atom. The van der Waals surface area contributed by atoms with Crippen LogP contribution < -0.4 is 11.1 Å². The Hall–Kier alpha value is -0.710. The highest BCUT2D eigenvalue weighted by atomic mass is 79.9. The summed E-state index contributed by atoms with van der Waals surface area (Å²) in [6.07, 6.45) is 0. The van der Waals surface area contributed by atoms with Crippen LogP contribution in [0.2, 0.25) is 0 Å². The van der Waals surface area contributed by atoms with E-state index in [-0.39, 0.29) is 0 Å². The smallest absolute Gasteiger partial charge is 0.238 e. The van der Waals surface area contributed by atoms with Crippen molar-refractivity contribution in [2.45, 2.75) is 0 Å². The van der Waals surface area contributed by atoms with Gasteiger partial charge in [0.05, 0.1) is 0 Å². The number of anilines is 2. The van der Waals surface area contributed by atoms with Crippen molar-refractivity contribution < 1.29 is 4.52 Å². The molecule has 0 bridgehead atoms. The van der Waals surface area contributed by atoms with E-state index in [1.807, 2.05) is 0 Å². The van der Waals surface area contributed by atoms with Crippen LogP contribution in [-0.2, 0) is 0 Å². The molecule has 0 aliphatic heterocycles. The zero-order valence-electron chi connectivity index (χ0n) is 4.81. The Balaban J connectivity index is 3.04. The molecule has 0 fully saturated rings. The lowest BCUT2D eigenvalue weighted by molar-refractivity contribution is 0.439. The number of rotatable bonds is 1. The Morgan fingerprint density at radius 3 is 2.67 bits per heavy atom. The van der Waals surface area contributed by atoms with E-state index in [1.165, 1.54) is 0 Å². The molecule has 0 saturated heterocycles. The number of halogens is 1. The van der Waals surface area contributed by atoms with Gasteiger partial charge in [0, 0.05) is 7.05 Å². The lowest BCUT2D eigenvalue weighted by Gasteiger charge is -1.87. The fraction of sp³-hybridized carbons (Fsp3) is 0.250. The number of nitrogens with two attached hydrogens (primary N) is 1. The molecule has 0 aliphatic rings.